The average molecular weight is 268 g/mol. The highest BCUT2D eigenvalue weighted by Crippen LogP contribution is 2.29. The van der Waals surface area contributed by atoms with Gasteiger partial charge in [-0.05, 0) is 31.6 Å². The number of anilines is 1. The normalized spacial score (nSPS) is 23.9. The van der Waals surface area contributed by atoms with Crippen LogP contribution in [0.3, 0.4) is 0 Å². The molecule has 0 amide bonds. The van der Waals surface area contributed by atoms with E-state index in [1.54, 1.807) is 6.92 Å². The van der Waals surface area contributed by atoms with Crippen molar-refractivity contribution in [3.05, 3.63) is 10.6 Å². The lowest BCUT2D eigenvalue weighted by Crippen LogP contribution is -2.21. The van der Waals surface area contributed by atoms with E-state index in [-0.39, 0.29) is 5.69 Å². The van der Waals surface area contributed by atoms with Gasteiger partial charge in [0, 0.05) is 11.4 Å². The number of aromatic carboxylic acids is 1. The van der Waals surface area contributed by atoms with Crippen molar-refractivity contribution in [1.29, 1.82) is 0 Å². The first-order valence-corrected chi connectivity index (χ1v) is 7.32. The van der Waals surface area contributed by atoms with E-state index in [1.807, 2.05) is 0 Å². The molecule has 0 radical (unpaired) electrons. The largest absolute Gasteiger partial charge is 0.476 e. The van der Waals surface area contributed by atoms with Gasteiger partial charge in [-0.2, -0.15) is 0 Å². The minimum Gasteiger partial charge on any atom is -0.476 e. The number of aryl methyl sites for hydroxylation is 1. The first-order valence-electron chi connectivity index (χ1n) is 6.51. The molecule has 4 nitrogen and oxygen atoms in total. The lowest BCUT2D eigenvalue weighted by atomic mass is 9.82. The van der Waals surface area contributed by atoms with Crippen LogP contribution >= 0.6 is 11.3 Å². The Balaban J connectivity index is 1.90. The Morgan fingerprint density at radius 3 is 2.94 bits per heavy atom. The minimum atomic E-state index is -0.942. The molecule has 2 rings (SSSR count). The van der Waals surface area contributed by atoms with Crippen molar-refractivity contribution in [2.75, 3.05) is 11.9 Å². The first-order chi connectivity index (χ1) is 8.56. The van der Waals surface area contributed by atoms with Crippen LogP contribution in [0.25, 0.3) is 0 Å². The van der Waals surface area contributed by atoms with E-state index in [4.69, 9.17) is 5.11 Å². The van der Waals surface area contributed by atoms with Crippen LogP contribution in [0.1, 0.15) is 48.0 Å². The maximum absolute atomic E-state index is 10.9. The summed E-state index contributed by atoms with van der Waals surface area (Å²) in [5, 5.41) is 13.0. The highest BCUT2D eigenvalue weighted by atomic mass is 32.1. The van der Waals surface area contributed by atoms with E-state index < -0.39 is 5.97 Å². The van der Waals surface area contributed by atoms with Crippen LogP contribution in [0.2, 0.25) is 0 Å². The molecule has 2 atom stereocenters. The van der Waals surface area contributed by atoms with Gasteiger partial charge >= 0.3 is 5.97 Å². The van der Waals surface area contributed by atoms with Crippen molar-refractivity contribution >= 4 is 22.4 Å². The number of carbonyl (C=O) groups is 1. The summed E-state index contributed by atoms with van der Waals surface area (Å²) < 4.78 is 0. The molecule has 1 aliphatic rings. The topological polar surface area (TPSA) is 62.2 Å². The number of hydrogen-bond donors (Lipinski definition) is 2. The molecule has 5 heteroatoms. The number of carboxylic acids is 1. The van der Waals surface area contributed by atoms with Crippen molar-refractivity contribution in [1.82, 2.24) is 4.98 Å². The summed E-state index contributed by atoms with van der Waals surface area (Å²) in [6.07, 6.45) is 5.19. The molecule has 0 aromatic carbocycles. The van der Waals surface area contributed by atoms with Crippen LogP contribution < -0.4 is 5.32 Å². The van der Waals surface area contributed by atoms with Gasteiger partial charge in [0.2, 0.25) is 0 Å². The van der Waals surface area contributed by atoms with Gasteiger partial charge in [0.25, 0.3) is 0 Å². The molecule has 1 aromatic heterocycles. The summed E-state index contributed by atoms with van der Waals surface area (Å²) in [7, 11) is 0. The lowest BCUT2D eigenvalue weighted by Gasteiger charge is -2.26. The van der Waals surface area contributed by atoms with Gasteiger partial charge in [0.1, 0.15) is 0 Å². The van der Waals surface area contributed by atoms with Crippen molar-refractivity contribution < 1.29 is 9.90 Å². The number of thiazole rings is 1. The zero-order chi connectivity index (χ0) is 13.1. The van der Waals surface area contributed by atoms with Gasteiger partial charge in [-0.3, -0.25) is 0 Å². The lowest BCUT2D eigenvalue weighted by molar-refractivity contribution is 0.0690. The molecular formula is C13H20N2O2S. The third-order valence-corrected chi connectivity index (χ3v) is 4.51. The van der Waals surface area contributed by atoms with Gasteiger partial charge < -0.3 is 10.4 Å². The Hall–Kier alpha value is -1.10. The van der Waals surface area contributed by atoms with Crippen LogP contribution in [0, 0.1) is 18.8 Å². The zero-order valence-corrected chi connectivity index (χ0v) is 11.7. The van der Waals surface area contributed by atoms with Gasteiger partial charge in [0.15, 0.2) is 10.8 Å². The van der Waals surface area contributed by atoms with Crippen molar-refractivity contribution in [2.45, 2.75) is 39.5 Å². The summed E-state index contributed by atoms with van der Waals surface area (Å²) in [6.45, 7) is 5.02. The fourth-order valence-corrected chi connectivity index (χ4v) is 3.46. The first kappa shape index (κ1) is 13.3. The Morgan fingerprint density at radius 2 is 2.33 bits per heavy atom. The molecule has 18 heavy (non-hydrogen) atoms. The number of carboxylic acid groups (broad SMARTS) is 1. The standard InChI is InChI=1S/C13H20N2O2S/c1-8-4-3-5-10(6-8)7-14-13-15-11(12(16)17)9(2)18-13/h8,10H,3-7H2,1-2H3,(H,14,15)(H,16,17). The second-order valence-electron chi connectivity index (χ2n) is 5.25. The predicted octanol–water partition coefficient (Wildman–Crippen LogP) is 3.39. The highest BCUT2D eigenvalue weighted by molar-refractivity contribution is 7.15. The third kappa shape index (κ3) is 3.22. The minimum absolute atomic E-state index is 0.180. The number of nitrogens with zero attached hydrogens (tertiary/aromatic N) is 1. The van der Waals surface area contributed by atoms with Crippen molar-refractivity contribution in [2.24, 2.45) is 11.8 Å². The van der Waals surface area contributed by atoms with Crippen LogP contribution in [0.5, 0.6) is 0 Å². The fourth-order valence-electron chi connectivity index (χ4n) is 2.65. The van der Waals surface area contributed by atoms with Crippen LogP contribution in [0.4, 0.5) is 5.13 Å². The van der Waals surface area contributed by atoms with Gasteiger partial charge in [-0.25, -0.2) is 9.78 Å². The highest BCUT2D eigenvalue weighted by Gasteiger charge is 2.19. The Labute approximate surface area is 111 Å². The molecule has 100 valence electrons. The van der Waals surface area contributed by atoms with Crippen molar-refractivity contribution in [3.63, 3.8) is 0 Å². The second kappa shape index (κ2) is 5.69. The van der Waals surface area contributed by atoms with Crippen LogP contribution in [-0.4, -0.2) is 22.6 Å². The zero-order valence-electron chi connectivity index (χ0n) is 10.9. The molecule has 1 aliphatic carbocycles. The molecule has 1 saturated carbocycles. The summed E-state index contributed by atoms with van der Waals surface area (Å²) in [5.74, 6) is 0.576. The molecule has 1 fully saturated rings. The Kier molecular flexibility index (Phi) is 4.22. The number of nitrogens with one attached hydrogen (secondary N) is 1. The fraction of sp³-hybridized carbons (Fsp3) is 0.692. The molecule has 1 aromatic rings. The van der Waals surface area contributed by atoms with E-state index >= 15 is 0 Å². The third-order valence-electron chi connectivity index (χ3n) is 3.59. The van der Waals surface area contributed by atoms with Gasteiger partial charge in [0.05, 0.1) is 0 Å². The molecular weight excluding hydrogens is 248 g/mol. The molecule has 1 heterocycles. The molecule has 2 N–H and O–H groups in total. The monoisotopic (exact) mass is 268 g/mol. The summed E-state index contributed by atoms with van der Waals surface area (Å²) >= 11 is 1.43. The number of hydrogen-bond acceptors (Lipinski definition) is 4. The van der Waals surface area contributed by atoms with E-state index in [1.165, 1.54) is 37.0 Å². The second-order valence-corrected chi connectivity index (χ2v) is 6.45. The maximum Gasteiger partial charge on any atom is 0.355 e. The van der Waals surface area contributed by atoms with Crippen molar-refractivity contribution in [3.8, 4) is 0 Å². The molecule has 0 aliphatic heterocycles. The maximum atomic E-state index is 10.9. The Bertz CT molecular complexity index is 431. The number of rotatable bonds is 4. The Morgan fingerprint density at radius 1 is 1.56 bits per heavy atom. The summed E-state index contributed by atoms with van der Waals surface area (Å²) in [4.78, 5) is 15.8. The van der Waals surface area contributed by atoms with Gasteiger partial charge in [-0.15, -0.1) is 11.3 Å². The molecule has 0 spiro atoms. The van der Waals surface area contributed by atoms with E-state index in [0.717, 1.165) is 22.5 Å². The molecule has 0 saturated heterocycles. The van der Waals surface area contributed by atoms with E-state index in [9.17, 15) is 4.79 Å². The smallest absolute Gasteiger partial charge is 0.355 e. The average Bonchev–Trinajstić information content (AvgIpc) is 2.68. The summed E-state index contributed by atoms with van der Waals surface area (Å²) in [5.41, 5.74) is 0.180. The SMILES string of the molecule is Cc1sc(NCC2CCCC(C)C2)nc1C(=O)O. The predicted molar refractivity (Wildman–Crippen MR) is 73.4 cm³/mol. The van der Waals surface area contributed by atoms with Gasteiger partial charge in [-0.1, -0.05) is 19.8 Å². The van der Waals surface area contributed by atoms with E-state index in [2.05, 4.69) is 17.2 Å². The quantitative estimate of drug-likeness (QED) is 0.878. The summed E-state index contributed by atoms with van der Waals surface area (Å²) in [6, 6.07) is 0. The molecule has 0 bridgehead atoms. The van der Waals surface area contributed by atoms with E-state index in [0.29, 0.717) is 5.92 Å². The van der Waals surface area contributed by atoms with Crippen LogP contribution in [-0.2, 0) is 0 Å². The number of aromatic nitrogens is 1. The molecule has 2 unspecified atom stereocenters. The van der Waals surface area contributed by atoms with Crippen LogP contribution in [0.15, 0.2) is 0 Å².